The molecule has 0 spiro atoms. The number of rotatable bonds is 9. The maximum absolute atomic E-state index is 13.6. The van der Waals surface area contributed by atoms with Gasteiger partial charge in [0, 0.05) is 28.9 Å². The van der Waals surface area contributed by atoms with Crippen LogP contribution in [0.5, 0.6) is 5.75 Å². The van der Waals surface area contributed by atoms with Crippen LogP contribution in [0.15, 0.2) is 65.6 Å². The molecule has 1 unspecified atom stereocenters. The standard InChI is InChI=1S/C27H27ClN2O8S/c1-18-5-9-21(10-6-18)39(34,35)38-15-14-37-25-4-3-13-29(24-12-7-19(28)16-23(24)25)27(31)22-11-8-20(30(32)33)17-26(22)36-2/h5-12,16-17,25H,3-4,13-15H2,1-2H3. The van der Waals surface area contributed by atoms with Crippen molar-refractivity contribution in [3.63, 3.8) is 0 Å². The number of hydrogen-bond donors (Lipinski definition) is 0. The van der Waals surface area contributed by atoms with Crippen molar-refractivity contribution < 1.29 is 31.8 Å². The maximum atomic E-state index is 13.6. The van der Waals surface area contributed by atoms with Crippen molar-refractivity contribution in [3.8, 4) is 5.75 Å². The Labute approximate surface area is 231 Å². The van der Waals surface area contributed by atoms with Gasteiger partial charge in [-0.15, -0.1) is 0 Å². The van der Waals surface area contributed by atoms with E-state index in [1.54, 1.807) is 35.2 Å². The molecule has 0 bridgehead atoms. The van der Waals surface area contributed by atoms with Crippen LogP contribution in [0.2, 0.25) is 5.02 Å². The van der Waals surface area contributed by atoms with E-state index in [-0.39, 0.29) is 35.1 Å². The monoisotopic (exact) mass is 574 g/mol. The van der Waals surface area contributed by atoms with Crippen LogP contribution in [0.4, 0.5) is 11.4 Å². The van der Waals surface area contributed by atoms with E-state index in [4.69, 9.17) is 25.3 Å². The average molecular weight is 575 g/mol. The molecule has 1 aliphatic rings. The summed E-state index contributed by atoms with van der Waals surface area (Å²) in [6, 6.07) is 15.3. The molecule has 0 saturated carbocycles. The van der Waals surface area contributed by atoms with Gasteiger partial charge in [-0.2, -0.15) is 8.42 Å². The number of nitro groups is 1. The number of nitro benzene ring substituents is 1. The molecule has 3 aromatic carbocycles. The summed E-state index contributed by atoms with van der Waals surface area (Å²) < 4.78 is 41.4. The first-order chi connectivity index (χ1) is 18.6. The van der Waals surface area contributed by atoms with Crippen molar-refractivity contribution in [3.05, 3.63) is 92.5 Å². The van der Waals surface area contributed by atoms with E-state index in [1.807, 2.05) is 6.92 Å². The smallest absolute Gasteiger partial charge is 0.297 e. The van der Waals surface area contributed by atoms with Crippen LogP contribution < -0.4 is 9.64 Å². The molecule has 0 radical (unpaired) electrons. The third-order valence-corrected chi connectivity index (χ3v) is 7.86. The number of carbonyl (C=O) groups excluding carboxylic acids is 1. The van der Waals surface area contributed by atoms with Crippen LogP contribution in [-0.2, 0) is 19.0 Å². The highest BCUT2D eigenvalue weighted by atomic mass is 35.5. The summed E-state index contributed by atoms with van der Waals surface area (Å²) in [5.41, 5.74) is 2.16. The van der Waals surface area contributed by atoms with Gasteiger partial charge in [0.05, 0.1) is 47.9 Å². The third-order valence-electron chi connectivity index (χ3n) is 6.30. The fourth-order valence-corrected chi connectivity index (χ4v) is 5.42. The molecule has 0 aliphatic carbocycles. The van der Waals surface area contributed by atoms with Crippen LogP contribution in [0.1, 0.15) is 40.4 Å². The Morgan fingerprint density at radius 2 is 1.85 bits per heavy atom. The van der Waals surface area contributed by atoms with Crippen LogP contribution in [0.25, 0.3) is 0 Å². The lowest BCUT2D eigenvalue weighted by atomic mass is 10.0. The first-order valence-corrected chi connectivity index (χ1v) is 13.9. The number of hydrogen-bond acceptors (Lipinski definition) is 8. The summed E-state index contributed by atoms with van der Waals surface area (Å²) in [4.78, 5) is 25.8. The molecule has 39 heavy (non-hydrogen) atoms. The lowest BCUT2D eigenvalue weighted by molar-refractivity contribution is -0.384. The number of aryl methyl sites for hydroxylation is 1. The largest absolute Gasteiger partial charge is 0.496 e. The molecule has 1 amide bonds. The van der Waals surface area contributed by atoms with Crippen molar-refractivity contribution in [1.29, 1.82) is 0 Å². The molecule has 206 valence electrons. The lowest BCUT2D eigenvalue weighted by Crippen LogP contribution is -2.32. The number of non-ortho nitro benzene ring substituents is 1. The molecule has 10 nitrogen and oxygen atoms in total. The van der Waals surface area contributed by atoms with E-state index >= 15 is 0 Å². The lowest BCUT2D eigenvalue weighted by Gasteiger charge is -2.25. The molecule has 0 saturated heterocycles. The molecule has 0 N–H and O–H groups in total. The van der Waals surface area contributed by atoms with Gasteiger partial charge in [-0.3, -0.25) is 19.1 Å². The number of halogens is 1. The number of anilines is 1. The molecule has 12 heteroatoms. The van der Waals surface area contributed by atoms with Gasteiger partial charge in [-0.1, -0.05) is 29.3 Å². The quantitative estimate of drug-likeness (QED) is 0.143. The molecule has 3 aromatic rings. The number of methoxy groups -OCH3 is 1. The van der Waals surface area contributed by atoms with Crippen molar-refractivity contribution in [2.24, 2.45) is 0 Å². The first-order valence-electron chi connectivity index (χ1n) is 12.1. The minimum atomic E-state index is -3.93. The summed E-state index contributed by atoms with van der Waals surface area (Å²) in [6.07, 6.45) is 0.640. The molecule has 0 aromatic heterocycles. The minimum Gasteiger partial charge on any atom is -0.496 e. The molecule has 0 fully saturated rings. The van der Waals surface area contributed by atoms with Crippen molar-refractivity contribution in [2.45, 2.75) is 30.8 Å². The van der Waals surface area contributed by atoms with E-state index in [2.05, 4.69) is 0 Å². The third kappa shape index (κ3) is 6.56. The number of nitrogens with zero attached hydrogens (tertiary/aromatic N) is 2. The van der Waals surface area contributed by atoms with Gasteiger partial charge in [0.15, 0.2) is 0 Å². The van der Waals surface area contributed by atoms with Gasteiger partial charge in [-0.05, 0) is 56.2 Å². The highest BCUT2D eigenvalue weighted by Crippen LogP contribution is 2.38. The molecule has 1 aliphatic heterocycles. The van der Waals surface area contributed by atoms with Crippen molar-refractivity contribution in [2.75, 3.05) is 31.8 Å². The van der Waals surface area contributed by atoms with E-state index in [0.29, 0.717) is 35.7 Å². The Bertz CT molecular complexity index is 1480. The summed E-state index contributed by atoms with van der Waals surface area (Å²) in [5.74, 6) is -0.299. The Kier molecular flexibility index (Phi) is 8.86. The van der Waals surface area contributed by atoms with E-state index in [0.717, 1.165) is 5.56 Å². The highest BCUT2D eigenvalue weighted by molar-refractivity contribution is 7.86. The SMILES string of the molecule is COc1cc([N+](=O)[O-])ccc1C(=O)N1CCCC(OCCOS(=O)(=O)c2ccc(C)cc2)c2cc(Cl)ccc21. The fraction of sp³-hybridized carbons (Fsp3) is 0.296. The zero-order valence-corrected chi connectivity index (χ0v) is 22.9. The molecule has 4 rings (SSSR count). The number of carbonyl (C=O) groups is 1. The Hall–Kier alpha value is -3.51. The van der Waals surface area contributed by atoms with Gasteiger partial charge < -0.3 is 14.4 Å². The van der Waals surface area contributed by atoms with Gasteiger partial charge in [0.25, 0.3) is 21.7 Å². The topological polar surface area (TPSA) is 125 Å². The van der Waals surface area contributed by atoms with Crippen LogP contribution in [0.3, 0.4) is 0 Å². The van der Waals surface area contributed by atoms with Crippen molar-refractivity contribution >= 4 is 39.0 Å². The second-order valence-corrected chi connectivity index (χ2v) is 10.9. The average Bonchev–Trinajstić information content (AvgIpc) is 3.09. The zero-order valence-electron chi connectivity index (χ0n) is 21.3. The minimum absolute atomic E-state index is 0.00810. The Balaban J connectivity index is 1.51. The summed E-state index contributed by atoms with van der Waals surface area (Å²) >= 11 is 6.29. The molecular formula is C27H27ClN2O8S. The van der Waals surface area contributed by atoms with Gasteiger partial charge in [-0.25, -0.2) is 0 Å². The molecular weight excluding hydrogens is 548 g/mol. The normalized spacial score (nSPS) is 15.4. The van der Waals surface area contributed by atoms with Gasteiger partial charge in [0.2, 0.25) is 0 Å². The fourth-order valence-electron chi connectivity index (χ4n) is 4.35. The van der Waals surface area contributed by atoms with E-state index in [9.17, 15) is 23.3 Å². The predicted octanol–water partition coefficient (Wildman–Crippen LogP) is 5.47. The Morgan fingerprint density at radius 3 is 2.54 bits per heavy atom. The molecule has 1 heterocycles. The predicted molar refractivity (Wildman–Crippen MR) is 145 cm³/mol. The van der Waals surface area contributed by atoms with Crippen LogP contribution >= 0.6 is 11.6 Å². The Morgan fingerprint density at radius 1 is 1.10 bits per heavy atom. The summed E-state index contributed by atoms with van der Waals surface area (Å²) in [7, 11) is -2.58. The number of fused-ring (bicyclic) bond motifs is 1. The van der Waals surface area contributed by atoms with Crippen molar-refractivity contribution in [1.82, 2.24) is 0 Å². The zero-order chi connectivity index (χ0) is 28.2. The van der Waals surface area contributed by atoms with Crippen LogP contribution in [-0.4, -0.2) is 46.1 Å². The summed E-state index contributed by atoms with van der Waals surface area (Å²) in [5, 5.41) is 11.6. The number of benzene rings is 3. The highest BCUT2D eigenvalue weighted by Gasteiger charge is 2.30. The second-order valence-electron chi connectivity index (χ2n) is 8.89. The second kappa shape index (κ2) is 12.1. The van der Waals surface area contributed by atoms with E-state index in [1.165, 1.54) is 37.4 Å². The first kappa shape index (κ1) is 28.5. The van der Waals surface area contributed by atoms with Gasteiger partial charge >= 0.3 is 0 Å². The molecule has 1 atom stereocenters. The number of amides is 1. The summed E-state index contributed by atoms with van der Waals surface area (Å²) in [6.45, 7) is 2.02. The maximum Gasteiger partial charge on any atom is 0.297 e. The number of ether oxygens (including phenoxy) is 2. The van der Waals surface area contributed by atoms with Gasteiger partial charge in [0.1, 0.15) is 5.75 Å². The van der Waals surface area contributed by atoms with Crippen LogP contribution in [0, 0.1) is 17.0 Å². The van der Waals surface area contributed by atoms with E-state index < -0.39 is 27.1 Å².